The van der Waals surface area contributed by atoms with Gasteiger partial charge in [-0.25, -0.2) is 9.79 Å². The van der Waals surface area contributed by atoms with Gasteiger partial charge in [-0.2, -0.15) is 0 Å². The van der Waals surface area contributed by atoms with Gasteiger partial charge < -0.3 is 9.30 Å². The maximum Gasteiger partial charge on any atom is 0.338 e. The molecule has 0 fully saturated rings. The minimum absolute atomic E-state index is 0.204. The summed E-state index contributed by atoms with van der Waals surface area (Å²) in [7, 11) is 0. The zero-order valence-corrected chi connectivity index (χ0v) is 24.4. The summed E-state index contributed by atoms with van der Waals surface area (Å²) < 4.78 is 9.73. The fourth-order valence-electron chi connectivity index (χ4n) is 5.30. The predicted octanol–water partition coefficient (Wildman–Crippen LogP) is 5.48. The zero-order chi connectivity index (χ0) is 28.0. The third-order valence-electron chi connectivity index (χ3n) is 6.92. The summed E-state index contributed by atoms with van der Waals surface area (Å²) >= 11 is 7.47. The second-order valence-corrected chi connectivity index (χ2v) is 11.3. The highest BCUT2D eigenvalue weighted by Gasteiger charge is 2.33. The van der Waals surface area contributed by atoms with Crippen molar-refractivity contribution < 1.29 is 9.53 Å². The highest BCUT2D eigenvalue weighted by molar-refractivity contribution is 7.07. The lowest BCUT2D eigenvalue weighted by molar-refractivity contribution is -0.139. The average Bonchev–Trinajstić information content (AvgIpc) is 3.32. The Hall–Kier alpha value is -3.68. The van der Waals surface area contributed by atoms with Gasteiger partial charge in [0.15, 0.2) is 4.80 Å². The first kappa shape index (κ1) is 26.9. The standard InChI is InChI=1S/C31H30ClN3O3S/c1-7-38-30(37)27-20(5)33-31-35(28(27)22-8-10-24(32)11-9-22)29(36)26(39-31)16-23-15-19(4)34(21(23)6)25-13-17(2)12-18(3)14-25/h8-16,28H,7H2,1-6H3/b26-16+/t28-/m1/s1. The number of aryl methyl sites for hydroxylation is 3. The highest BCUT2D eigenvalue weighted by atomic mass is 35.5. The number of hydrogen-bond acceptors (Lipinski definition) is 5. The van der Waals surface area contributed by atoms with Crippen LogP contribution in [0.4, 0.5) is 0 Å². The van der Waals surface area contributed by atoms with E-state index in [1.54, 1.807) is 30.5 Å². The number of rotatable bonds is 5. The quantitative estimate of drug-likeness (QED) is 0.304. The Morgan fingerprint density at radius 1 is 1.05 bits per heavy atom. The Labute approximate surface area is 236 Å². The average molecular weight is 560 g/mol. The number of nitrogens with zero attached hydrogens (tertiary/aromatic N) is 3. The van der Waals surface area contributed by atoms with Crippen LogP contribution in [0.15, 0.2) is 69.6 Å². The summed E-state index contributed by atoms with van der Waals surface area (Å²) in [4.78, 5) is 32.2. The Balaban J connectivity index is 1.69. The van der Waals surface area contributed by atoms with Crippen LogP contribution in [0.25, 0.3) is 11.8 Å². The number of halogens is 1. The predicted molar refractivity (Wildman–Crippen MR) is 157 cm³/mol. The first-order valence-corrected chi connectivity index (χ1v) is 14.0. The van der Waals surface area contributed by atoms with E-state index < -0.39 is 12.0 Å². The van der Waals surface area contributed by atoms with Crippen LogP contribution in [0.5, 0.6) is 0 Å². The Kier molecular flexibility index (Phi) is 7.23. The monoisotopic (exact) mass is 559 g/mol. The SMILES string of the molecule is CCOC(=O)C1=C(C)N=c2s/c(=C/c3cc(C)n(-c4cc(C)cc(C)c4)c3C)c(=O)n2[C@@H]1c1ccc(Cl)cc1. The fraction of sp³-hybridized carbons (Fsp3) is 0.258. The summed E-state index contributed by atoms with van der Waals surface area (Å²) in [6.07, 6.45) is 1.92. The molecule has 0 spiro atoms. The molecule has 0 aliphatic carbocycles. The van der Waals surface area contributed by atoms with Crippen molar-refractivity contribution in [3.8, 4) is 5.69 Å². The molecule has 0 saturated heterocycles. The van der Waals surface area contributed by atoms with Crippen LogP contribution in [0.3, 0.4) is 0 Å². The molecule has 2 aromatic carbocycles. The van der Waals surface area contributed by atoms with Gasteiger partial charge in [-0.1, -0.05) is 41.1 Å². The lowest BCUT2D eigenvalue weighted by Crippen LogP contribution is -2.39. The molecule has 0 amide bonds. The highest BCUT2D eigenvalue weighted by Crippen LogP contribution is 2.31. The van der Waals surface area contributed by atoms with Crippen molar-refractivity contribution in [1.29, 1.82) is 0 Å². The van der Waals surface area contributed by atoms with Crippen molar-refractivity contribution in [2.24, 2.45) is 4.99 Å². The number of aromatic nitrogens is 2. The molecule has 1 atom stereocenters. The molecule has 0 bridgehead atoms. The van der Waals surface area contributed by atoms with Crippen LogP contribution in [-0.2, 0) is 9.53 Å². The van der Waals surface area contributed by atoms with Crippen molar-refractivity contribution in [2.75, 3.05) is 6.61 Å². The molecule has 2 aromatic heterocycles. The molecule has 3 heterocycles. The van der Waals surface area contributed by atoms with Gasteiger partial charge >= 0.3 is 5.97 Å². The van der Waals surface area contributed by atoms with E-state index in [4.69, 9.17) is 16.3 Å². The third kappa shape index (κ3) is 4.92. The van der Waals surface area contributed by atoms with E-state index >= 15 is 0 Å². The van der Waals surface area contributed by atoms with Crippen molar-refractivity contribution in [3.63, 3.8) is 0 Å². The van der Waals surface area contributed by atoms with Crippen LogP contribution >= 0.6 is 22.9 Å². The normalized spacial score (nSPS) is 15.4. The number of carbonyl (C=O) groups is 1. The summed E-state index contributed by atoms with van der Waals surface area (Å²) in [6, 6.07) is 15.1. The van der Waals surface area contributed by atoms with E-state index in [2.05, 4.69) is 61.5 Å². The Bertz CT molecular complexity index is 1800. The molecule has 1 aliphatic rings. The second-order valence-electron chi connectivity index (χ2n) is 9.86. The number of allylic oxidation sites excluding steroid dienone is 1. The summed E-state index contributed by atoms with van der Waals surface area (Å²) in [5.41, 5.74) is 8.02. The van der Waals surface area contributed by atoms with E-state index in [0.717, 1.165) is 28.2 Å². The van der Waals surface area contributed by atoms with Gasteiger partial charge in [0.05, 0.1) is 28.5 Å². The van der Waals surface area contributed by atoms with Gasteiger partial charge in [0.1, 0.15) is 0 Å². The first-order valence-electron chi connectivity index (χ1n) is 12.8. The van der Waals surface area contributed by atoms with Crippen LogP contribution < -0.4 is 14.9 Å². The molecule has 0 N–H and O–H groups in total. The van der Waals surface area contributed by atoms with Gasteiger partial charge in [0.25, 0.3) is 5.56 Å². The molecule has 0 saturated carbocycles. The molecule has 6 nitrogen and oxygen atoms in total. The molecular formula is C31H30ClN3O3S. The molecular weight excluding hydrogens is 530 g/mol. The van der Waals surface area contributed by atoms with E-state index in [1.807, 2.05) is 18.2 Å². The van der Waals surface area contributed by atoms with Gasteiger partial charge in [-0.05, 0) is 100 Å². The summed E-state index contributed by atoms with van der Waals surface area (Å²) in [5.74, 6) is -0.482. The topological polar surface area (TPSA) is 65.6 Å². The molecule has 8 heteroatoms. The number of fused-ring (bicyclic) bond motifs is 1. The van der Waals surface area contributed by atoms with Gasteiger partial charge in [-0.15, -0.1) is 0 Å². The van der Waals surface area contributed by atoms with Crippen LogP contribution in [0.1, 0.15) is 53.5 Å². The number of thiazole rings is 1. The maximum atomic E-state index is 13.9. The van der Waals surface area contributed by atoms with Crippen molar-refractivity contribution in [3.05, 3.63) is 118 Å². The second kappa shape index (κ2) is 10.5. The van der Waals surface area contributed by atoms with E-state index in [9.17, 15) is 9.59 Å². The van der Waals surface area contributed by atoms with E-state index in [-0.39, 0.29) is 12.2 Å². The molecule has 1 aliphatic heterocycles. The molecule has 0 unspecified atom stereocenters. The Morgan fingerprint density at radius 3 is 2.36 bits per heavy atom. The minimum Gasteiger partial charge on any atom is -0.463 e. The minimum atomic E-state index is -0.664. The number of hydrogen-bond donors (Lipinski definition) is 0. The van der Waals surface area contributed by atoms with E-state index in [0.29, 0.717) is 25.6 Å². The van der Waals surface area contributed by atoms with Crippen molar-refractivity contribution in [1.82, 2.24) is 9.13 Å². The maximum absolute atomic E-state index is 13.9. The van der Waals surface area contributed by atoms with Gasteiger partial charge in [0, 0.05) is 22.1 Å². The first-order chi connectivity index (χ1) is 18.6. The molecule has 4 aromatic rings. The summed E-state index contributed by atoms with van der Waals surface area (Å²) in [6.45, 7) is 12.1. The molecule has 5 rings (SSSR count). The number of ether oxygens (including phenoxy) is 1. The van der Waals surface area contributed by atoms with E-state index in [1.165, 1.54) is 22.5 Å². The molecule has 0 radical (unpaired) electrons. The van der Waals surface area contributed by atoms with Crippen LogP contribution in [0.2, 0.25) is 5.02 Å². The zero-order valence-electron chi connectivity index (χ0n) is 22.8. The lowest BCUT2D eigenvalue weighted by Gasteiger charge is -2.24. The molecule has 200 valence electrons. The summed E-state index contributed by atoms with van der Waals surface area (Å²) in [5, 5.41) is 0.573. The van der Waals surface area contributed by atoms with Crippen LogP contribution in [0, 0.1) is 27.7 Å². The molecule has 39 heavy (non-hydrogen) atoms. The number of carbonyl (C=O) groups excluding carboxylic acids is 1. The third-order valence-corrected chi connectivity index (χ3v) is 8.16. The fourth-order valence-corrected chi connectivity index (χ4v) is 6.47. The smallest absolute Gasteiger partial charge is 0.338 e. The van der Waals surface area contributed by atoms with Gasteiger partial charge in [-0.3, -0.25) is 9.36 Å². The number of esters is 1. The lowest BCUT2D eigenvalue weighted by atomic mass is 9.96. The van der Waals surface area contributed by atoms with Crippen LogP contribution in [-0.4, -0.2) is 21.7 Å². The van der Waals surface area contributed by atoms with Crippen molar-refractivity contribution in [2.45, 2.75) is 47.6 Å². The number of benzene rings is 2. The van der Waals surface area contributed by atoms with Crippen molar-refractivity contribution >= 4 is 35.0 Å². The Morgan fingerprint density at radius 2 is 1.72 bits per heavy atom. The van der Waals surface area contributed by atoms with Gasteiger partial charge in [0.2, 0.25) is 0 Å². The largest absolute Gasteiger partial charge is 0.463 e.